The van der Waals surface area contributed by atoms with E-state index in [0.29, 0.717) is 38.9 Å². The SMILES string of the molecule is CCCCN(CC(=O)N(C)[C@@H](CC(C)C)C(=O)N[C@H](CC(=O)N(C)[C@H](C=O)CC(C)C)C(=O)N1CCCCC1)C(=O)C[C@@H](C)O. The molecule has 0 aromatic heterocycles. The molecule has 45 heavy (non-hydrogen) atoms. The van der Waals surface area contributed by atoms with Gasteiger partial charge in [0.05, 0.1) is 31.5 Å². The fraction of sp³-hybridized carbons (Fsp3) is 0.818. The first kappa shape index (κ1) is 40.0. The van der Waals surface area contributed by atoms with Gasteiger partial charge in [0.25, 0.3) is 0 Å². The molecule has 0 aliphatic carbocycles. The first-order chi connectivity index (χ1) is 21.1. The van der Waals surface area contributed by atoms with Gasteiger partial charge in [-0.25, -0.2) is 0 Å². The molecule has 12 heteroatoms. The Balaban J connectivity index is 3.26. The Kier molecular flexibility index (Phi) is 17.9. The van der Waals surface area contributed by atoms with Crippen molar-refractivity contribution in [2.75, 3.05) is 40.3 Å². The Hall–Kier alpha value is -3.02. The molecule has 1 heterocycles. The zero-order chi connectivity index (χ0) is 34.3. The van der Waals surface area contributed by atoms with Crippen LogP contribution in [0.1, 0.15) is 99.3 Å². The molecule has 1 aliphatic rings. The zero-order valence-corrected chi connectivity index (χ0v) is 28.9. The largest absolute Gasteiger partial charge is 0.393 e. The van der Waals surface area contributed by atoms with Gasteiger partial charge in [-0.1, -0.05) is 41.0 Å². The smallest absolute Gasteiger partial charge is 0.245 e. The Morgan fingerprint density at radius 1 is 0.844 bits per heavy atom. The van der Waals surface area contributed by atoms with Crippen LogP contribution in [0.15, 0.2) is 0 Å². The van der Waals surface area contributed by atoms with Gasteiger partial charge in [0.15, 0.2) is 0 Å². The van der Waals surface area contributed by atoms with E-state index in [4.69, 9.17) is 0 Å². The molecule has 5 amide bonds. The number of carbonyl (C=O) groups is 6. The summed E-state index contributed by atoms with van der Waals surface area (Å²) in [6, 6.07) is -2.77. The first-order valence-corrected chi connectivity index (χ1v) is 16.6. The number of carbonyl (C=O) groups excluding carboxylic acids is 6. The summed E-state index contributed by atoms with van der Waals surface area (Å²) >= 11 is 0. The van der Waals surface area contributed by atoms with Crippen molar-refractivity contribution >= 4 is 35.8 Å². The number of likely N-dealkylation sites (N-methyl/N-ethyl adjacent to an activating group) is 2. The third-order valence-corrected chi connectivity index (χ3v) is 8.21. The van der Waals surface area contributed by atoms with E-state index < -0.39 is 42.0 Å². The second-order valence-corrected chi connectivity index (χ2v) is 13.4. The summed E-state index contributed by atoms with van der Waals surface area (Å²) in [5, 5.41) is 12.5. The number of piperidine rings is 1. The van der Waals surface area contributed by atoms with Gasteiger partial charge >= 0.3 is 0 Å². The van der Waals surface area contributed by atoms with E-state index in [9.17, 15) is 33.9 Å². The fourth-order valence-corrected chi connectivity index (χ4v) is 5.45. The summed E-state index contributed by atoms with van der Waals surface area (Å²) in [6.45, 7) is 12.4. The Labute approximate surface area is 270 Å². The Morgan fingerprint density at radius 2 is 1.44 bits per heavy atom. The van der Waals surface area contributed by atoms with Crippen molar-refractivity contribution in [3.63, 3.8) is 0 Å². The average molecular weight is 638 g/mol. The number of aliphatic hydroxyl groups is 1. The van der Waals surface area contributed by atoms with Crippen molar-refractivity contribution in [1.82, 2.24) is 24.9 Å². The highest BCUT2D eigenvalue weighted by Gasteiger charge is 2.36. The topological polar surface area (TPSA) is 148 Å². The molecule has 1 aliphatic heterocycles. The number of amides is 5. The minimum atomic E-state index is -1.16. The van der Waals surface area contributed by atoms with Gasteiger partial charge in [-0.05, 0) is 57.3 Å². The lowest BCUT2D eigenvalue weighted by atomic mass is 10.00. The number of aliphatic hydroxyl groups excluding tert-OH is 1. The molecule has 1 rings (SSSR count). The lowest BCUT2D eigenvalue weighted by Crippen LogP contribution is -2.57. The van der Waals surface area contributed by atoms with Gasteiger partial charge in [0, 0.05) is 33.7 Å². The second-order valence-electron chi connectivity index (χ2n) is 13.4. The van der Waals surface area contributed by atoms with Crippen LogP contribution in [0, 0.1) is 11.8 Å². The van der Waals surface area contributed by atoms with Gasteiger partial charge in [-0.3, -0.25) is 24.0 Å². The van der Waals surface area contributed by atoms with E-state index in [1.807, 2.05) is 34.6 Å². The minimum absolute atomic E-state index is 0.0115. The molecular weight excluding hydrogens is 578 g/mol. The molecule has 0 aromatic carbocycles. The van der Waals surface area contributed by atoms with Gasteiger partial charge < -0.3 is 34.8 Å². The number of nitrogens with one attached hydrogen (secondary N) is 1. The minimum Gasteiger partial charge on any atom is -0.393 e. The fourth-order valence-electron chi connectivity index (χ4n) is 5.45. The van der Waals surface area contributed by atoms with Crippen LogP contribution in [-0.4, -0.2) is 125 Å². The molecule has 1 fully saturated rings. The molecule has 1 saturated heterocycles. The van der Waals surface area contributed by atoms with Crippen LogP contribution in [0.25, 0.3) is 0 Å². The van der Waals surface area contributed by atoms with Crippen molar-refractivity contribution in [3.05, 3.63) is 0 Å². The number of hydrogen-bond acceptors (Lipinski definition) is 7. The highest BCUT2D eigenvalue weighted by atomic mass is 16.3. The van der Waals surface area contributed by atoms with Crippen LogP contribution in [0.2, 0.25) is 0 Å². The lowest BCUT2D eigenvalue weighted by Gasteiger charge is -2.34. The van der Waals surface area contributed by atoms with E-state index in [1.165, 1.54) is 35.7 Å². The third kappa shape index (κ3) is 13.9. The van der Waals surface area contributed by atoms with E-state index in [2.05, 4.69) is 5.32 Å². The van der Waals surface area contributed by atoms with Crippen molar-refractivity contribution in [2.45, 2.75) is 124 Å². The molecule has 0 unspecified atom stereocenters. The van der Waals surface area contributed by atoms with Crippen LogP contribution < -0.4 is 5.32 Å². The summed E-state index contributed by atoms with van der Waals surface area (Å²) < 4.78 is 0. The molecular formula is C33H59N5O7. The van der Waals surface area contributed by atoms with E-state index in [-0.39, 0.29) is 43.0 Å². The quantitative estimate of drug-likeness (QED) is 0.207. The maximum atomic E-state index is 13.9. The molecule has 12 nitrogen and oxygen atoms in total. The number of hydrogen-bond donors (Lipinski definition) is 2. The maximum absolute atomic E-state index is 13.9. The lowest BCUT2D eigenvalue weighted by molar-refractivity contribution is -0.146. The van der Waals surface area contributed by atoms with E-state index >= 15 is 0 Å². The molecule has 0 saturated carbocycles. The Bertz CT molecular complexity index is 980. The first-order valence-electron chi connectivity index (χ1n) is 16.6. The summed E-state index contributed by atoms with van der Waals surface area (Å²) in [5.41, 5.74) is 0. The van der Waals surface area contributed by atoms with Crippen LogP contribution in [0.4, 0.5) is 0 Å². The molecule has 0 bridgehead atoms. The van der Waals surface area contributed by atoms with Crippen molar-refractivity contribution in [3.8, 4) is 0 Å². The summed E-state index contributed by atoms with van der Waals surface area (Å²) in [7, 11) is 3.04. The van der Waals surface area contributed by atoms with Crippen molar-refractivity contribution < 1.29 is 33.9 Å². The van der Waals surface area contributed by atoms with Gasteiger partial charge in [-0.15, -0.1) is 0 Å². The number of aldehydes is 1. The van der Waals surface area contributed by atoms with Crippen molar-refractivity contribution in [2.24, 2.45) is 11.8 Å². The summed E-state index contributed by atoms with van der Waals surface area (Å²) in [4.78, 5) is 84.7. The van der Waals surface area contributed by atoms with Crippen LogP contribution in [0.5, 0.6) is 0 Å². The highest BCUT2D eigenvalue weighted by Crippen LogP contribution is 2.17. The summed E-state index contributed by atoms with van der Waals surface area (Å²) in [6.07, 6.45) is 4.38. The third-order valence-electron chi connectivity index (χ3n) is 8.21. The van der Waals surface area contributed by atoms with Crippen LogP contribution in [0.3, 0.4) is 0 Å². The van der Waals surface area contributed by atoms with Gasteiger partial charge in [0.2, 0.25) is 29.5 Å². The molecule has 4 atom stereocenters. The predicted octanol–water partition coefficient (Wildman–Crippen LogP) is 2.22. The van der Waals surface area contributed by atoms with Crippen LogP contribution >= 0.6 is 0 Å². The average Bonchev–Trinajstić information content (AvgIpc) is 2.98. The second kappa shape index (κ2) is 20.2. The number of likely N-dealkylation sites (tertiary alicyclic amines) is 1. The molecule has 0 radical (unpaired) electrons. The van der Waals surface area contributed by atoms with Crippen molar-refractivity contribution in [1.29, 1.82) is 0 Å². The summed E-state index contributed by atoms with van der Waals surface area (Å²) in [5.74, 6) is -1.95. The molecule has 2 N–H and O–H groups in total. The number of nitrogens with zero attached hydrogens (tertiary/aromatic N) is 4. The molecule has 258 valence electrons. The normalized spacial score (nSPS) is 16.0. The van der Waals surface area contributed by atoms with Gasteiger partial charge in [0.1, 0.15) is 18.4 Å². The monoisotopic (exact) mass is 637 g/mol. The predicted molar refractivity (Wildman–Crippen MR) is 173 cm³/mol. The Morgan fingerprint density at radius 3 is 1.96 bits per heavy atom. The number of rotatable bonds is 19. The molecule has 0 spiro atoms. The number of unbranched alkanes of at least 4 members (excludes halogenated alkanes) is 1. The van der Waals surface area contributed by atoms with Crippen LogP contribution in [-0.2, 0) is 28.8 Å². The van der Waals surface area contributed by atoms with E-state index in [0.717, 1.165) is 32.0 Å². The highest BCUT2D eigenvalue weighted by molar-refractivity contribution is 5.95. The molecule has 0 aromatic rings. The maximum Gasteiger partial charge on any atom is 0.245 e. The zero-order valence-electron chi connectivity index (χ0n) is 28.9. The standard InChI is InChI=1S/C33H59N5O7/c1-9-10-14-38(30(42)19-25(6)40)21-31(43)36(8)28(18-24(4)5)32(44)34-27(33(45)37-15-12-11-13-16-37)20-29(41)35(7)26(22-39)17-23(2)3/h22-28,40H,9-21H2,1-8H3,(H,34,44)/t25-,26+,27-,28+/m1/s1. The van der Waals surface area contributed by atoms with Gasteiger partial charge in [-0.2, -0.15) is 0 Å². The van der Waals surface area contributed by atoms with E-state index in [1.54, 1.807) is 4.90 Å².